The second-order valence-electron chi connectivity index (χ2n) is 5.83. The van der Waals surface area contributed by atoms with E-state index in [0.717, 1.165) is 25.9 Å². The molecule has 2 fully saturated rings. The van der Waals surface area contributed by atoms with Crippen LogP contribution in [0.1, 0.15) is 31.7 Å². The van der Waals surface area contributed by atoms with E-state index in [1.54, 1.807) is 0 Å². The van der Waals surface area contributed by atoms with E-state index in [2.05, 4.69) is 29.6 Å². The number of ether oxygens (including phenoxy) is 1. The topological polar surface area (TPSA) is 38.3 Å². The number of amides is 1. The third kappa shape index (κ3) is 2.39. The number of carbonyl (C=O) groups is 1. The minimum atomic E-state index is 0.146. The molecule has 1 aromatic carbocycles. The summed E-state index contributed by atoms with van der Waals surface area (Å²) in [6, 6.07) is 10.7. The van der Waals surface area contributed by atoms with Crippen LogP contribution in [0.25, 0.3) is 0 Å². The minimum absolute atomic E-state index is 0.146. The first-order valence-electron chi connectivity index (χ1n) is 7.17. The quantitative estimate of drug-likeness (QED) is 0.901. The number of carbonyl (C=O) groups excluding carboxylic acids is 1. The first-order chi connectivity index (χ1) is 9.22. The van der Waals surface area contributed by atoms with E-state index < -0.39 is 0 Å². The summed E-state index contributed by atoms with van der Waals surface area (Å²) < 4.78 is 5.66. The lowest BCUT2D eigenvalue weighted by molar-refractivity contribution is -0.121. The molecule has 102 valence electrons. The standard InChI is InChI=1S/C16H21NO2/c1-2-19-13-9-16(10-13)11-15(18)17-14(16)8-12-6-4-3-5-7-12/h3-7,13-14H,2,8-11H2,1H3,(H,17,18). The minimum Gasteiger partial charge on any atom is -0.378 e. The van der Waals surface area contributed by atoms with Crippen LogP contribution in [0.2, 0.25) is 0 Å². The Kier molecular flexibility index (Phi) is 3.31. The molecule has 1 unspecified atom stereocenters. The normalized spacial score (nSPS) is 33.2. The van der Waals surface area contributed by atoms with Gasteiger partial charge >= 0.3 is 0 Å². The molecule has 3 heteroatoms. The zero-order valence-electron chi connectivity index (χ0n) is 11.4. The van der Waals surface area contributed by atoms with Crippen LogP contribution in [0.15, 0.2) is 30.3 Å². The molecule has 3 nitrogen and oxygen atoms in total. The Bertz CT molecular complexity index is 451. The van der Waals surface area contributed by atoms with Crippen molar-refractivity contribution in [1.82, 2.24) is 5.32 Å². The molecule has 1 heterocycles. The SMILES string of the molecule is CCOC1CC2(CC(=O)NC2Cc2ccccc2)C1. The maximum atomic E-state index is 11.8. The van der Waals surface area contributed by atoms with Crippen molar-refractivity contribution < 1.29 is 9.53 Å². The van der Waals surface area contributed by atoms with Crippen LogP contribution >= 0.6 is 0 Å². The average molecular weight is 259 g/mol. The Morgan fingerprint density at radius 1 is 1.32 bits per heavy atom. The number of hydrogen-bond acceptors (Lipinski definition) is 2. The van der Waals surface area contributed by atoms with E-state index in [1.807, 2.05) is 13.0 Å². The fraction of sp³-hybridized carbons (Fsp3) is 0.562. The van der Waals surface area contributed by atoms with E-state index in [9.17, 15) is 4.79 Å². The number of rotatable bonds is 4. The largest absolute Gasteiger partial charge is 0.378 e. The molecule has 1 aliphatic heterocycles. The van der Waals surface area contributed by atoms with Crippen molar-refractivity contribution in [3.63, 3.8) is 0 Å². The molecular formula is C16H21NO2. The van der Waals surface area contributed by atoms with E-state index in [4.69, 9.17) is 4.74 Å². The van der Waals surface area contributed by atoms with Gasteiger partial charge in [0.15, 0.2) is 0 Å². The van der Waals surface area contributed by atoms with Gasteiger partial charge in [-0.3, -0.25) is 4.79 Å². The lowest BCUT2D eigenvalue weighted by Gasteiger charge is -2.47. The lowest BCUT2D eigenvalue weighted by Crippen LogP contribution is -2.50. The van der Waals surface area contributed by atoms with Gasteiger partial charge in [0.25, 0.3) is 0 Å². The maximum absolute atomic E-state index is 11.8. The second-order valence-corrected chi connectivity index (χ2v) is 5.83. The highest BCUT2D eigenvalue weighted by Gasteiger charge is 2.55. The molecule has 1 N–H and O–H groups in total. The van der Waals surface area contributed by atoms with Crippen LogP contribution in [-0.4, -0.2) is 24.7 Å². The highest BCUT2D eigenvalue weighted by atomic mass is 16.5. The Labute approximate surface area is 114 Å². The molecular weight excluding hydrogens is 238 g/mol. The van der Waals surface area contributed by atoms with Crippen LogP contribution in [0.3, 0.4) is 0 Å². The van der Waals surface area contributed by atoms with Gasteiger partial charge in [0, 0.05) is 24.5 Å². The van der Waals surface area contributed by atoms with Gasteiger partial charge in [0.05, 0.1) is 6.10 Å². The Morgan fingerprint density at radius 3 is 2.74 bits per heavy atom. The molecule has 1 saturated carbocycles. The smallest absolute Gasteiger partial charge is 0.220 e. The second kappa shape index (κ2) is 4.97. The highest BCUT2D eigenvalue weighted by molar-refractivity contribution is 5.80. The molecule has 3 rings (SSSR count). The fourth-order valence-electron chi connectivity index (χ4n) is 3.59. The van der Waals surface area contributed by atoms with Crippen LogP contribution in [0.5, 0.6) is 0 Å². The van der Waals surface area contributed by atoms with Gasteiger partial charge in [-0.1, -0.05) is 30.3 Å². The first kappa shape index (κ1) is 12.7. The lowest BCUT2D eigenvalue weighted by atomic mass is 9.61. The highest BCUT2D eigenvalue weighted by Crippen LogP contribution is 2.51. The molecule has 1 saturated heterocycles. The predicted molar refractivity (Wildman–Crippen MR) is 73.8 cm³/mol. The summed E-state index contributed by atoms with van der Waals surface area (Å²) in [5.74, 6) is 0.205. The van der Waals surface area contributed by atoms with Crippen LogP contribution < -0.4 is 5.32 Å². The molecule has 1 aliphatic carbocycles. The zero-order chi connectivity index (χ0) is 13.3. The Morgan fingerprint density at radius 2 is 2.05 bits per heavy atom. The summed E-state index contributed by atoms with van der Waals surface area (Å²) in [6.07, 6.45) is 4.02. The predicted octanol–water partition coefficient (Wildman–Crippen LogP) is 2.30. The average Bonchev–Trinajstić information content (AvgIpc) is 2.67. The summed E-state index contributed by atoms with van der Waals surface area (Å²) >= 11 is 0. The maximum Gasteiger partial charge on any atom is 0.220 e. The van der Waals surface area contributed by atoms with Crippen molar-refractivity contribution in [2.45, 2.75) is 44.8 Å². The van der Waals surface area contributed by atoms with Crippen molar-refractivity contribution in [3.05, 3.63) is 35.9 Å². The summed E-state index contributed by atoms with van der Waals surface area (Å²) in [5.41, 5.74) is 1.45. The van der Waals surface area contributed by atoms with E-state index in [1.165, 1.54) is 5.56 Å². The van der Waals surface area contributed by atoms with Gasteiger partial charge < -0.3 is 10.1 Å². The summed E-state index contributed by atoms with van der Waals surface area (Å²) in [7, 11) is 0. The van der Waals surface area contributed by atoms with Crippen LogP contribution in [0, 0.1) is 5.41 Å². The molecule has 19 heavy (non-hydrogen) atoms. The first-order valence-corrected chi connectivity index (χ1v) is 7.17. The molecule has 2 aliphatic rings. The van der Waals surface area contributed by atoms with Crippen molar-refractivity contribution in [3.8, 4) is 0 Å². The third-order valence-corrected chi connectivity index (χ3v) is 4.54. The molecule has 1 amide bonds. The summed E-state index contributed by atoms with van der Waals surface area (Å²) in [5, 5.41) is 3.16. The van der Waals surface area contributed by atoms with Crippen molar-refractivity contribution in [2.24, 2.45) is 5.41 Å². The third-order valence-electron chi connectivity index (χ3n) is 4.54. The molecule has 0 radical (unpaired) electrons. The number of hydrogen-bond donors (Lipinski definition) is 1. The molecule has 1 atom stereocenters. The molecule has 1 aromatic rings. The molecule has 1 spiro atoms. The molecule has 0 bridgehead atoms. The van der Waals surface area contributed by atoms with E-state index in [0.29, 0.717) is 12.5 Å². The van der Waals surface area contributed by atoms with Crippen molar-refractivity contribution in [2.75, 3.05) is 6.61 Å². The summed E-state index contributed by atoms with van der Waals surface area (Å²) in [4.78, 5) is 11.8. The Hall–Kier alpha value is -1.35. The number of nitrogens with one attached hydrogen (secondary N) is 1. The van der Waals surface area contributed by atoms with Crippen molar-refractivity contribution in [1.29, 1.82) is 0 Å². The fourth-order valence-corrected chi connectivity index (χ4v) is 3.59. The van der Waals surface area contributed by atoms with Gasteiger partial charge in [-0.15, -0.1) is 0 Å². The van der Waals surface area contributed by atoms with Gasteiger partial charge in [-0.05, 0) is 31.7 Å². The Balaban J connectivity index is 1.68. The van der Waals surface area contributed by atoms with Crippen molar-refractivity contribution >= 4 is 5.91 Å². The molecule has 0 aromatic heterocycles. The monoisotopic (exact) mass is 259 g/mol. The van der Waals surface area contributed by atoms with Gasteiger partial charge in [-0.25, -0.2) is 0 Å². The van der Waals surface area contributed by atoms with Gasteiger partial charge in [0.1, 0.15) is 0 Å². The van der Waals surface area contributed by atoms with Gasteiger partial charge in [-0.2, -0.15) is 0 Å². The van der Waals surface area contributed by atoms with Gasteiger partial charge in [0.2, 0.25) is 5.91 Å². The zero-order valence-corrected chi connectivity index (χ0v) is 11.4. The van der Waals surface area contributed by atoms with Crippen LogP contribution in [-0.2, 0) is 16.0 Å². The van der Waals surface area contributed by atoms with E-state index in [-0.39, 0.29) is 17.4 Å². The van der Waals surface area contributed by atoms with Crippen LogP contribution in [0.4, 0.5) is 0 Å². The summed E-state index contributed by atoms with van der Waals surface area (Å²) in [6.45, 7) is 2.80. The van der Waals surface area contributed by atoms with E-state index >= 15 is 0 Å². The number of benzene rings is 1.